The SMILES string of the molecule is CC(O)(CN)c1ccc2cc[nH]c2c1. The smallest absolute Gasteiger partial charge is 0.0990 e. The number of hydrogen-bond acceptors (Lipinski definition) is 2. The summed E-state index contributed by atoms with van der Waals surface area (Å²) < 4.78 is 0. The van der Waals surface area contributed by atoms with Gasteiger partial charge in [-0.05, 0) is 30.0 Å². The van der Waals surface area contributed by atoms with Gasteiger partial charge in [0.2, 0.25) is 0 Å². The number of nitrogens with one attached hydrogen (secondary N) is 1. The first kappa shape index (κ1) is 9.24. The van der Waals surface area contributed by atoms with E-state index in [2.05, 4.69) is 4.98 Å². The zero-order valence-electron chi connectivity index (χ0n) is 8.12. The highest BCUT2D eigenvalue weighted by Gasteiger charge is 2.20. The molecule has 4 N–H and O–H groups in total. The van der Waals surface area contributed by atoms with Gasteiger partial charge < -0.3 is 15.8 Å². The lowest BCUT2D eigenvalue weighted by atomic mass is 9.95. The maximum atomic E-state index is 9.95. The minimum atomic E-state index is -0.945. The number of H-pyrrole nitrogens is 1. The number of benzene rings is 1. The molecule has 0 radical (unpaired) electrons. The van der Waals surface area contributed by atoms with Gasteiger partial charge in [-0.2, -0.15) is 0 Å². The third-order valence-electron chi connectivity index (χ3n) is 2.57. The van der Waals surface area contributed by atoms with Crippen LogP contribution in [0.4, 0.5) is 0 Å². The summed E-state index contributed by atoms with van der Waals surface area (Å²) in [4.78, 5) is 3.10. The van der Waals surface area contributed by atoms with Gasteiger partial charge in [0.05, 0.1) is 5.60 Å². The third-order valence-corrected chi connectivity index (χ3v) is 2.57. The van der Waals surface area contributed by atoms with Crippen molar-refractivity contribution in [2.24, 2.45) is 5.73 Å². The van der Waals surface area contributed by atoms with Gasteiger partial charge in [0.15, 0.2) is 0 Å². The van der Waals surface area contributed by atoms with Gasteiger partial charge in [-0.25, -0.2) is 0 Å². The Hall–Kier alpha value is -1.32. The van der Waals surface area contributed by atoms with Crippen molar-refractivity contribution in [3.8, 4) is 0 Å². The summed E-state index contributed by atoms with van der Waals surface area (Å²) in [6, 6.07) is 7.81. The number of hydrogen-bond donors (Lipinski definition) is 3. The summed E-state index contributed by atoms with van der Waals surface area (Å²) in [5, 5.41) is 11.1. The fourth-order valence-electron chi connectivity index (χ4n) is 1.50. The first-order chi connectivity index (χ1) is 6.63. The van der Waals surface area contributed by atoms with Crippen LogP contribution < -0.4 is 5.73 Å². The molecule has 0 bridgehead atoms. The van der Waals surface area contributed by atoms with Gasteiger partial charge in [0.1, 0.15) is 0 Å². The standard InChI is InChI=1S/C11H14N2O/c1-11(14,7-12)9-3-2-8-4-5-13-10(8)6-9/h2-6,13-14H,7,12H2,1H3. The van der Waals surface area contributed by atoms with E-state index < -0.39 is 5.60 Å². The molecular weight excluding hydrogens is 176 g/mol. The molecule has 2 aromatic rings. The van der Waals surface area contributed by atoms with E-state index >= 15 is 0 Å². The molecule has 0 aliphatic carbocycles. The van der Waals surface area contributed by atoms with Gasteiger partial charge >= 0.3 is 0 Å². The van der Waals surface area contributed by atoms with Crippen molar-refractivity contribution in [1.82, 2.24) is 4.98 Å². The topological polar surface area (TPSA) is 62.0 Å². The zero-order chi connectivity index (χ0) is 10.2. The van der Waals surface area contributed by atoms with E-state index in [1.807, 2.05) is 30.5 Å². The largest absolute Gasteiger partial charge is 0.384 e. The Labute approximate surface area is 82.6 Å². The van der Waals surface area contributed by atoms with Gasteiger partial charge in [-0.1, -0.05) is 12.1 Å². The number of nitrogens with two attached hydrogens (primary N) is 1. The van der Waals surface area contributed by atoms with Crippen LogP contribution in [-0.4, -0.2) is 16.6 Å². The molecule has 0 saturated carbocycles. The normalized spacial score (nSPS) is 15.6. The molecule has 0 saturated heterocycles. The van der Waals surface area contributed by atoms with E-state index in [1.54, 1.807) is 6.92 Å². The molecule has 0 spiro atoms. The van der Waals surface area contributed by atoms with Crippen molar-refractivity contribution in [3.05, 3.63) is 36.0 Å². The van der Waals surface area contributed by atoms with Gasteiger partial charge in [0.25, 0.3) is 0 Å². The average molecular weight is 190 g/mol. The molecule has 1 heterocycles. The molecular formula is C11H14N2O. The number of aliphatic hydroxyl groups is 1. The van der Waals surface area contributed by atoms with Crippen LogP contribution in [0.3, 0.4) is 0 Å². The predicted octanol–water partition coefficient (Wildman–Crippen LogP) is 1.33. The molecule has 1 atom stereocenters. The van der Waals surface area contributed by atoms with Crippen LogP contribution in [0.2, 0.25) is 0 Å². The summed E-state index contributed by atoms with van der Waals surface area (Å²) in [6.07, 6.45) is 1.88. The number of rotatable bonds is 2. The first-order valence-corrected chi connectivity index (χ1v) is 4.63. The Morgan fingerprint density at radius 2 is 2.21 bits per heavy atom. The Balaban J connectivity index is 2.53. The lowest BCUT2D eigenvalue weighted by Crippen LogP contribution is -2.31. The van der Waals surface area contributed by atoms with Gasteiger partial charge in [0, 0.05) is 18.3 Å². The fourth-order valence-corrected chi connectivity index (χ4v) is 1.50. The lowest BCUT2D eigenvalue weighted by molar-refractivity contribution is 0.0669. The summed E-state index contributed by atoms with van der Waals surface area (Å²) in [5.41, 5.74) is 6.42. The van der Waals surface area contributed by atoms with Crippen molar-refractivity contribution in [2.75, 3.05) is 6.54 Å². The van der Waals surface area contributed by atoms with Crippen molar-refractivity contribution in [2.45, 2.75) is 12.5 Å². The number of aromatic amines is 1. The molecule has 3 nitrogen and oxygen atoms in total. The highest BCUT2D eigenvalue weighted by atomic mass is 16.3. The minimum Gasteiger partial charge on any atom is -0.384 e. The number of aromatic nitrogens is 1. The summed E-state index contributed by atoms with van der Waals surface area (Å²) >= 11 is 0. The highest BCUT2D eigenvalue weighted by Crippen LogP contribution is 2.23. The maximum absolute atomic E-state index is 9.95. The van der Waals surface area contributed by atoms with Crippen LogP contribution in [0.15, 0.2) is 30.5 Å². The molecule has 0 aliphatic rings. The number of fused-ring (bicyclic) bond motifs is 1. The van der Waals surface area contributed by atoms with E-state index in [0.29, 0.717) is 0 Å². The van der Waals surface area contributed by atoms with E-state index in [-0.39, 0.29) is 6.54 Å². The molecule has 0 aliphatic heterocycles. The third kappa shape index (κ3) is 1.41. The van der Waals surface area contributed by atoms with Crippen molar-refractivity contribution in [3.63, 3.8) is 0 Å². The Morgan fingerprint density at radius 1 is 1.43 bits per heavy atom. The van der Waals surface area contributed by atoms with Crippen LogP contribution in [0.25, 0.3) is 10.9 Å². The fraction of sp³-hybridized carbons (Fsp3) is 0.273. The Morgan fingerprint density at radius 3 is 2.93 bits per heavy atom. The highest BCUT2D eigenvalue weighted by molar-refractivity contribution is 5.80. The van der Waals surface area contributed by atoms with E-state index in [0.717, 1.165) is 16.5 Å². The predicted molar refractivity (Wildman–Crippen MR) is 56.9 cm³/mol. The second-order valence-electron chi connectivity index (χ2n) is 3.76. The average Bonchev–Trinajstić information content (AvgIpc) is 2.64. The van der Waals surface area contributed by atoms with Crippen LogP contribution >= 0.6 is 0 Å². The zero-order valence-corrected chi connectivity index (χ0v) is 8.12. The molecule has 14 heavy (non-hydrogen) atoms. The minimum absolute atomic E-state index is 0.221. The monoisotopic (exact) mass is 190 g/mol. The summed E-state index contributed by atoms with van der Waals surface area (Å²) in [6.45, 7) is 1.94. The maximum Gasteiger partial charge on any atom is 0.0990 e. The van der Waals surface area contributed by atoms with E-state index in [1.165, 1.54) is 0 Å². The second-order valence-corrected chi connectivity index (χ2v) is 3.76. The second kappa shape index (κ2) is 3.12. The van der Waals surface area contributed by atoms with Crippen LogP contribution in [-0.2, 0) is 5.60 Å². The molecule has 0 fully saturated rings. The van der Waals surface area contributed by atoms with Crippen molar-refractivity contribution < 1.29 is 5.11 Å². The summed E-state index contributed by atoms with van der Waals surface area (Å²) in [5.74, 6) is 0. The quantitative estimate of drug-likeness (QED) is 0.669. The van der Waals surface area contributed by atoms with E-state index in [4.69, 9.17) is 5.73 Å². The Bertz CT molecular complexity index is 445. The lowest BCUT2D eigenvalue weighted by Gasteiger charge is -2.21. The molecule has 1 unspecified atom stereocenters. The molecule has 3 heteroatoms. The van der Waals surface area contributed by atoms with Gasteiger partial charge in [-0.3, -0.25) is 0 Å². The van der Waals surface area contributed by atoms with Crippen LogP contribution in [0, 0.1) is 0 Å². The van der Waals surface area contributed by atoms with Crippen molar-refractivity contribution in [1.29, 1.82) is 0 Å². The van der Waals surface area contributed by atoms with E-state index in [9.17, 15) is 5.11 Å². The van der Waals surface area contributed by atoms with Crippen LogP contribution in [0.5, 0.6) is 0 Å². The first-order valence-electron chi connectivity index (χ1n) is 4.63. The van der Waals surface area contributed by atoms with Crippen LogP contribution in [0.1, 0.15) is 12.5 Å². The Kier molecular flexibility index (Phi) is 2.06. The van der Waals surface area contributed by atoms with Gasteiger partial charge in [-0.15, -0.1) is 0 Å². The van der Waals surface area contributed by atoms with Crippen molar-refractivity contribution >= 4 is 10.9 Å². The molecule has 2 rings (SSSR count). The molecule has 1 aromatic carbocycles. The molecule has 1 aromatic heterocycles. The molecule has 74 valence electrons. The molecule has 0 amide bonds. The summed E-state index contributed by atoms with van der Waals surface area (Å²) in [7, 11) is 0.